The molecule has 474 valence electrons. The van der Waals surface area contributed by atoms with Gasteiger partial charge in [0, 0.05) is 85.4 Å². The van der Waals surface area contributed by atoms with Crippen molar-refractivity contribution in [3.8, 4) is 45.0 Å². The van der Waals surface area contributed by atoms with Crippen LogP contribution in [0.3, 0.4) is 0 Å². The molecule has 0 amide bonds. The Morgan fingerprint density at radius 1 is 0.216 bits per heavy atom. The summed E-state index contributed by atoms with van der Waals surface area (Å²) in [5, 5.41) is 17.3. The lowest BCUT2D eigenvalue weighted by Gasteiger charge is -2.13. The molecule has 8 heteroatoms. The van der Waals surface area contributed by atoms with Gasteiger partial charge in [0.1, 0.15) is 0 Å². The number of thiophene rings is 2. The van der Waals surface area contributed by atoms with Gasteiger partial charge in [-0.25, -0.2) is 9.97 Å². The lowest BCUT2D eigenvalue weighted by molar-refractivity contribution is 1.18. The average molecular weight is 1330 g/mol. The summed E-state index contributed by atoms with van der Waals surface area (Å²) in [7, 11) is 0. The highest BCUT2D eigenvalue weighted by atomic mass is 32.1. The van der Waals surface area contributed by atoms with Crippen molar-refractivity contribution >= 4 is 183 Å². The summed E-state index contributed by atoms with van der Waals surface area (Å²) >= 11 is 3.67. The van der Waals surface area contributed by atoms with Crippen molar-refractivity contribution in [2.24, 2.45) is 0 Å². The van der Waals surface area contributed by atoms with Gasteiger partial charge in [-0.3, -0.25) is 0 Å². The third-order valence-corrected chi connectivity index (χ3v) is 23.5. The van der Waals surface area contributed by atoms with Crippen LogP contribution < -0.4 is 0 Å². The summed E-state index contributed by atoms with van der Waals surface area (Å²) in [4.78, 5) is 10.5. The number of rotatable bonds is 6. The minimum absolute atomic E-state index is 1.01. The van der Waals surface area contributed by atoms with Gasteiger partial charge < -0.3 is 18.3 Å². The Kier molecular flexibility index (Phi) is 12.4. The van der Waals surface area contributed by atoms with Crippen LogP contribution in [0.1, 0.15) is 0 Å². The molecule has 8 heterocycles. The zero-order valence-electron chi connectivity index (χ0n) is 54.8. The smallest absolute Gasteiger partial charge is 0.0917 e. The molecule has 0 fully saturated rings. The highest BCUT2D eigenvalue weighted by Gasteiger charge is 2.25. The minimum atomic E-state index is 1.01. The van der Waals surface area contributed by atoms with Crippen LogP contribution >= 0.6 is 22.7 Å². The zero-order chi connectivity index (χ0) is 66.7. The molecule has 0 aliphatic rings. The number of para-hydroxylation sites is 7. The second-order valence-electron chi connectivity index (χ2n) is 26.7. The molecule has 0 unspecified atom stereocenters. The summed E-state index contributed by atoms with van der Waals surface area (Å²) in [5.41, 5.74) is 23.3. The normalized spacial score (nSPS) is 12.1. The molecular weight excluding hydrogens is 1280 g/mol. The fourth-order valence-corrected chi connectivity index (χ4v) is 19.1. The third-order valence-electron chi connectivity index (χ3n) is 21.2. The van der Waals surface area contributed by atoms with Crippen molar-refractivity contribution in [2.45, 2.75) is 0 Å². The molecule has 6 nitrogen and oxygen atoms in total. The molecule has 0 saturated heterocycles. The van der Waals surface area contributed by atoms with Crippen molar-refractivity contribution in [1.29, 1.82) is 0 Å². The van der Waals surface area contributed by atoms with Crippen molar-refractivity contribution in [2.75, 3.05) is 0 Å². The number of pyridine rings is 2. The van der Waals surface area contributed by atoms with Crippen LogP contribution in [0.25, 0.3) is 205 Å². The first-order valence-electron chi connectivity index (χ1n) is 34.7. The summed E-state index contributed by atoms with van der Waals surface area (Å²) in [6.07, 6.45) is 0. The van der Waals surface area contributed by atoms with Gasteiger partial charge in [0.15, 0.2) is 0 Å². The predicted octanol–water partition coefficient (Wildman–Crippen LogP) is 26.1. The lowest BCUT2D eigenvalue weighted by Crippen LogP contribution is -1.97. The molecule has 23 aromatic rings. The lowest BCUT2D eigenvalue weighted by atomic mass is 9.99. The quantitative estimate of drug-likeness (QED) is 0.167. The van der Waals surface area contributed by atoms with Crippen LogP contribution in [0.4, 0.5) is 0 Å². The maximum atomic E-state index is 5.26. The molecule has 23 rings (SSSR count). The Hall–Kier alpha value is -13.0. The fraction of sp³-hybridized carbons (Fsp3) is 0. The molecule has 15 aromatic carbocycles. The van der Waals surface area contributed by atoms with E-state index in [2.05, 4.69) is 358 Å². The Bertz CT molecular complexity index is 7450. The molecule has 0 spiro atoms. The number of benzene rings is 15. The van der Waals surface area contributed by atoms with E-state index in [1.54, 1.807) is 0 Å². The van der Waals surface area contributed by atoms with E-state index < -0.39 is 0 Å². The van der Waals surface area contributed by atoms with E-state index in [0.717, 1.165) is 32.8 Å². The highest BCUT2D eigenvalue weighted by molar-refractivity contribution is 7.26. The van der Waals surface area contributed by atoms with E-state index in [9.17, 15) is 0 Å². The van der Waals surface area contributed by atoms with Crippen LogP contribution in [0, 0.1) is 0 Å². The monoisotopic (exact) mass is 1330 g/mol. The fourth-order valence-electron chi connectivity index (χ4n) is 16.7. The van der Waals surface area contributed by atoms with Gasteiger partial charge in [0.25, 0.3) is 0 Å². The molecule has 0 aliphatic carbocycles. The van der Waals surface area contributed by atoms with Crippen molar-refractivity contribution in [3.63, 3.8) is 0 Å². The Labute approximate surface area is 591 Å². The summed E-state index contributed by atoms with van der Waals surface area (Å²) in [6.45, 7) is 0. The van der Waals surface area contributed by atoms with Crippen LogP contribution in [0.2, 0.25) is 0 Å². The maximum Gasteiger partial charge on any atom is 0.0917 e. The molecule has 0 atom stereocenters. The molecule has 0 bridgehead atoms. The Morgan fingerprint density at radius 2 is 0.569 bits per heavy atom. The molecule has 0 saturated carbocycles. The largest absolute Gasteiger partial charge is 0.309 e. The number of hydrogen-bond donors (Lipinski definition) is 0. The minimum Gasteiger partial charge on any atom is -0.309 e. The first kappa shape index (κ1) is 57.0. The van der Waals surface area contributed by atoms with E-state index in [4.69, 9.17) is 9.97 Å². The number of aromatic nitrogens is 6. The molecular formula is C94H56N6S2. The summed E-state index contributed by atoms with van der Waals surface area (Å²) in [6, 6.07) is 124. The third kappa shape index (κ3) is 8.45. The van der Waals surface area contributed by atoms with E-state index in [-0.39, 0.29) is 0 Å². The summed E-state index contributed by atoms with van der Waals surface area (Å²) < 4.78 is 14.7. The maximum absolute atomic E-state index is 5.26. The second-order valence-corrected chi connectivity index (χ2v) is 28.8. The van der Waals surface area contributed by atoms with Gasteiger partial charge in [-0.05, 0) is 148 Å². The summed E-state index contributed by atoms with van der Waals surface area (Å²) in [5.74, 6) is 0. The first-order chi connectivity index (χ1) is 50.6. The second kappa shape index (κ2) is 22.3. The highest BCUT2D eigenvalue weighted by Crippen LogP contribution is 2.48. The predicted molar refractivity (Wildman–Crippen MR) is 435 cm³/mol. The SMILES string of the molecule is c1ccc(-n2c3ccccc3c3cc(-c4ccc5c(c4)c4c6ccccc6ccc4n5-c4c5ccccc5nc5c4sc4ccccc45)ccc32)cc1.c1ccc(-n2c3ccccc3c3ccc(-c4ccc5c(c4)c4ccccc4n5-c4c5ccccc5nc5c4sc4ccccc45)cc32)cc1. The number of fused-ring (bicyclic) bond motifs is 22. The van der Waals surface area contributed by atoms with Gasteiger partial charge in [-0.1, -0.05) is 224 Å². The first-order valence-corrected chi connectivity index (χ1v) is 36.3. The molecule has 8 aromatic heterocycles. The van der Waals surface area contributed by atoms with Gasteiger partial charge in [-0.15, -0.1) is 22.7 Å². The van der Waals surface area contributed by atoms with Gasteiger partial charge >= 0.3 is 0 Å². The van der Waals surface area contributed by atoms with Gasteiger partial charge in [0.2, 0.25) is 0 Å². The van der Waals surface area contributed by atoms with Crippen LogP contribution in [0.5, 0.6) is 0 Å². The van der Waals surface area contributed by atoms with Crippen molar-refractivity contribution < 1.29 is 0 Å². The van der Waals surface area contributed by atoms with Crippen LogP contribution in [-0.4, -0.2) is 28.2 Å². The molecule has 0 aliphatic heterocycles. The van der Waals surface area contributed by atoms with Crippen molar-refractivity contribution in [1.82, 2.24) is 28.2 Å². The average Bonchev–Trinajstić information content (AvgIpc) is 1.56. The van der Waals surface area contributed by atoms with Crippen LogP contribution in [0.15, 0.2) is 340 Å². The topological polar surface area (TPSA) is 45.5 Å². The molecule has 102 heavy (non-hydrogen) atoms. The van der Waals surface area contributed by atoms with Gasteiger partial charge in [-0.2, -0.15) is 0 Å². The van der Waals surface area contributed by atoms with E-state index in [0.29, 0.717) is 0 Å². The number of nitrogens with zero attached hydrogens (tertiary/aromatic N) is 6. The van der Waals surface area contributed by atoms with E-state index in [1.165, 1.54) is 173 Å². The molecule has 0 N–H and O–H groups in total. The Morgan fingerprint density at radius 3 is 1.12 bits per heavy atom. The Balaban J connectivity index is 0.000000129. The van der Waals surface area contributed by atoms with E-state index >= 15 is 0 Å². The van der Waals surface area contributed by atoms with Crippen LogP contribution in [-0.2, 0) is 0 Å². The van der Waals surface area contributed by atoms with E-state index in [1.807, 2.05) is 22.7 Å². The number of hydrogen-bond acceptors (Lipinski definition) is 4. The van der Waals surface area contributed by atoms with Gasteiger partial charge in [0.05, 0.1) is 87.0 Å². The standard InChI is InChI=1S/C49H29N3S.C45H27N3S/c1-2-13-33(14-3-1)51-41-20-10-7-16-35(41)38-28-31(23-25-42(38)51)32-24-26-43-39(29-32)46-34-15-5-4-12-30(34)22-27-44(46)52(43)48-36-17-6-9-19-40(36)50-47-37-18-8-11-21-45(37)53-49(47)48;1-2-12-30(13-3-1)47-38-19-9-5-14-31(38)33-24-22-29(27-41(33)47)28-23-25-40-36(26-28)32-15-6-10-20-39(32)48(40)44-34-16-4-8-18-37(34)46-43-35-17-7-11-21-42(35)49-45(43)44/h1-29H;1-27H. The zero-order valence-corrected chi connectivity index (χ0v) is 56.5. The van der Waals surface area contributed by atoms with Crippen molar-refractivity contribution in [3.05, 3.63) is 340 Å². The molecule has 0 radical (unpaired) electrons.